The van der Waals surface area contributed by atoms with Gasteiger partial charge in [0, 0.05) is 17.1 Å². The lowest BCUT2D eigenvalue weighted by Gasteiger charge is -2.09. The highest BCUT2D eigenvalue weighted by atomic mass is 32.2. The summed E-state index contributed by atoms with van der Waals surface area (Å²) in [6.07, 6.45) is 0.958. The summed E-state index contributed by atoms with van der Waals surface area (Å²) in [5.41, 5.74) is 3.18. The molecule has 0 aliphatic heterocycles. The summed E-state index contributed by atoms with van der Waals surface area (Å²) >= 11 is 1.25. The second-order valence-corrected chi connectivity index (χ2v) is 7.09. The molecule has 0 unspecified atom stereocenters. The van der Waals surface area contributed by atoms with Crippen molar-refractivity contribution >= 4 is 34.3 Å². The van der Waals surface area contributed by atoms with Crippen LogP contribution in [0.1, 0.15) is 25.0 Å². The number of hydrogen-bond donors (Lipinski definition) is 1. The quantitative estimate of drug-likeness (QED) is 0.586. The fourth-order valence-corrected chi connectivity index (χ4v) is 3.49. The molecule has 1 amide bonds. The Kier molecular flexibility index (Phi) is 6.51. The van der Waals surface area contributed by atoms with Crippen LogP contribution in [-0.2, 0) is 11.2 Å². The predicted octanol–water partition coefficient (Wildman–Crippen LogP) is 4.80. The van der Waals surface area contributed by atoms with Gasteiger partial charge in [-0.05, 0) is 49.2 Å². The number of carbonyl (C=O) groups is 1. The first-order valence-corrected chi connectivity index (χ1v) is 10.1. The van der Waals surface area contributed by atoms with E-state index in [2.05, 4.69) is 23.3 Å². The number of aromatic nitrogens is 1. The van der Waals surface area contributed by atoms with Crippen molar-refractivity contribution < 1.29 is 9.53 Å². The number of nitriles is 1. The molecule has 1 aromatic heterocycles. The van der Waals surface area contributed by atoms with E-state index in [4.69, 9.17) is 4.74 Å². The van der Waals surface area contributed by atoms with Crippen molar-refractivity contribution in [1.82, 2.24) is 4.98 Å². The maximum Gasteiger partial charge on any atom is 0.234 e. The Hall–Kier alpha value is -3.04. The third kappa shape index (κ3) is 4.81. The van der Waals surface area contributed by atoms with E-state index in [1.807, 2.05) is 49.4 Å². The monoisotopic (exact) mass is 391 g/mol. The molecule has 0 saturated heterocycles. The SMILES string of the molecule is CCOc1ccc2cc(C#N)c(SCC(=O)Nc3ccc(CC)cc3)nc2c1. The molecule has 3 aromatic rings. The molecule has 1 heterocycles. The summed E-state index contributed by atoms with van der Waals surface area (Å²) < 4.78 is 5.52. The molecule has 3 rings (SSSR count). The normalized spacial score (nSPS) is 10.5. The fourth-order valence-electron chi connectivity index (χ4n) is 2.73. The molecule has 0 bridgehead atoms. The molecule has 0 saturated carbocycles. The van der Waals surface area contributed by atoms with Crippen LogP contribution < -0.4 is 10.1 Å². The van der Waals surface area contributed by atoms with Crippen LogP contribution in [0.5, 0.6) is 5.75 Å². The van der Waals surface area contributed by atoms with E-state index in [0.29, 0.717) is 17.2 Å². The standard InChI is InChI=1S/C22H21N3O2S/c1-3-15-5-8-18(9-6-15)24-21(26)14-28-22-17(13-23)11-16-7-10-19(27-4-2)12-20(16)25-22/h5-12H,3-4,14H2,1-2H3,(H,24,26). The van der Waals surface area contributed by atoms with Crippen molar-refractivity contribution in [2.75, 3.05) is 17.7 Å². The Balaban J connectivity index is 1.72. The first-order chi connectivity index (χ1) is 13.6. The summed E-state index contributed by atoms with van der Waals surface area (Å²) in [4.78, 5) is 16.9. The fraction of sp³-hybridized carbons (Fsp3) is 0.227. The number of nitrogens with zero attached hydrogens (tertiary/aromatic N) is 2. The molecular weight excluding hydrogens is 370 g/mol. The van der Waals surface area contributed by atoms with E-state index < -0.39 is 0 Å². The van der Waals surface area contributed by atoms with E-state index in [1.54, 1.807) is 6.07 Å². The zero-order valence-electron chi connectivity index (χ0n) is 15.9. The number of pyridine rings is 1. The smallest absolute Gasteiger partial charge is 0.234 e. The lowest BCUT2D eigenvalue weighted by molar-refractivity contribution is -0.113. The molecule has 5 nitrogen and oxygen atoms in total. The van der Waals surface area contributed by atoms with Crippen LogP contribution in [0.3, 0.4) is 0 Å². The number of carbonyl (C=O) groups excluding carboxylic acids is 1. The van der Waals surface area contributed by atoms with Crippen LogP contribution in [0, 0.1) is 11.3 Å². The Morgan fingerprint density at radius 1 is 1.18 bits per heavy atom. The molecule has 142 valence electrons. The number of anilines is 1. The molecule has 28 heavy (non-hydrogen) atoms. The Morgan fingerprint density at radius 2 is 1.96 bits per heavy atom. The second kappa shape index (κ2) is 9.25. The van der Waals surface area contributed by atoms with Crippen LogP contribution in [0.4, 0.5) is 5.69 Å². The van der Waals surface area contributed by atoms with Crippen LogP contribution in [0.15, 0.2) is 53.6 Å². The maximum atomic E-state index is 12.3. The molecule has 0 spiro atoms. The van der Waals surface area contributed by atoms with Crippen LogP contribution in [0.2, 0.25) is 0 Å². The van der Waals surface area contributed by atoms with Crippen molar-refractivity contribution in [2.24, 2.45) is 0 Å². The molecular formula is C22H21N3O2S. The van der Waals surface area contributed by atoms with Crippen molar-refractivity contribution in [3.05, 3.63) is 59.7 Å². The number of benzene rings is 2. The number of nitrogens with one attached hydrogen (secondary N) is 1. The highest BCUT2D eigenvalue weighted by molar-refractivity contribution is 8.00. The minimum absolute atomic E-state index is 0.136. The topological polar surface area (TPSA) is 75.0 Å². The van der Waals surface area contributed by atoms with Gasteiger partial charge in [-0.15, -0.1) is 0 Å². The predicted molar refractivity (Wildman–Crippen MR) is 113 cm³/mol. The Labute approximate surface area is 168 Å². The van der Waals surface area contributed by atoms with Gasteiger partial charge in [-0.25, -0.2) is 4.98 Å². The number of hydrogen-bond acceptors (Lipinski definition) is 5. The lowest BCUT2D eigenvalue weighted by atomic mass is 10.1. The molecule has 0 atom stereocenters. The van der Waals surface area contributed by atoms with Gasteiger partial charge in [0.15, 0.2) is 0 Å². The molecule has 0 aliphatic carbocycles. The third-order valence-corrected chi connectivity index (χ3v) is 5.16. The Bertz CT molecular complexity index is 1030. The molecule has 0 aliphatic rings. The highest BCUT2D eigenvalue weighted by Gasteiger charge is 2.11. The van der Waals surface area contributed by atoms with Crippen LogP contribution >= 0.6 is 11.8 Å². The number of aryl methyl sites for hydroxylation is 1. The minimum Gasteiger partial charge on any atom is -0.494 e. The van der Waals surface area contributed by atoms with E-state index in [9.17, 15) is 10.1 Å². The number of amides is 1. The van der Waals surface area contributed by atoms with Gasteiger partial charge in [0.25, 0.3) is 0 Å². The van der Waals surface area contributed by atoms with Gasteiger partial charge in [0.2, 0.25) is 5.91 Å². The van der Waals surface area contributed by atoms with Gasteiger partial charge in [0.1, 0.15) is 16.8 Å². The van der Waals surface area contributed by atoms with Crippen LogP contribution in [-0.4, -0.2) is 23.3 Å². The van der Waals surface area contributed by atoms with Crippen molar-refractivity contribution in [3.8, 4) is 11.8 Å². The van der Waals surface area contributed by atoms with E-state index in [1.165, 1.54) is 17.3 Å². The van der Waals surface area contributed by atoms with Gasteiger partial charge in [-0.3, -0.25) is 4.79 Å². The first-order valence-electron chi connectivity index (χ1n) is 9.12. The van der Waals surface area contributed by atoms with E-state index >= 15 is 0 Å². The minimum atomic E-state index is -0.136. The van der Waals surface area contributed by atoms with Crippen molar-refractivity contribution in [2.45, 2.75) is 25.3 Å². The van der Waals surface area contributed by atoms with Gasteiger partial charge < -0.3 is 10.1 Å². The maximum absolute atomic E-state index is 12.3. The van der Waals surface area contributed by atoms with Crippen LogP contribution in [0.25, 0.3) is 10.9 Å². The summed E-state index contributed by atoms with van der Waals surface area (Å²) in [7, 11) is 0. The summed E-state index contributed by atoms with van der Waals surface area (Å²) in [6.45, 7) is 4.58. The molecule has 1 N–H and O–H groups in total. The number of rotatable bonds is 7. The number of thioether (sulfide) groups is 1. The van der Waals surface area contributed by atoms with E-state index in [-0.39, 0.29) is 11.7 Å². The van der Waals surface area contributed by atoms with Gasteiger partial charge >= 0.3 is 0 Å². The zero-order chi connectivity index (χ0) is 19.9. The average molecular weight is 391 g/mol. The van der Waals surface area contributed by atoms with Crippen molar-refractivity contribution in [1.29, 1.82) is 5.26 Å². The summed E-state index contributed by atoms with van der Waals surface area (Å²) in [6, 6.07) is 17.3. The number of ether oxygens (including phenoxy) is 1. The molecule has 0 fully saturated rings. The van der Waals surface area contributed by atoms with Gasteiger partial charge in [-0.1, -0.05) is 30.8 Å². The Morgan fingerprint density at radius 3 is 2.64 bits per heavy atom. The first kappa shape index (κ1) is 19.7. The summed E-state index contributed by atoms with van der Waals surface area (Å²) in [5, 5.41) is 13.7. The highest BCUT2D eigenvalue weighted by Crippen LogP contribution is 2.27. The second-order valence-electron chi connectivity index (χ2n) is 6.13. The van der Waals surface area contributed by atoms with E-state index in [0.717, 1.165) is 28.8 Å². The molecule has 0 radical (unpaired) electrons. The molecule has 6 heteroatoms. The number of fused-ring (bicyclic) bond motifs is 1. The zero-order valence-corrected chi connectivity index (χ0v) is 16.7. The largest absolute Gasteiger partial charge is 0.494 e. The summed E-state index contributed by atoms with van der Waals surface area (Å²) in [5.74, 6) is 0.771. The van der Waals surface area contributed by atoms with Gasteiger partial charge in [0.05, 0.1) is 23.4 Å². The van der Waals surface area contributed by atoms with Crippen molar-refractivity contribution in [3.63, 3.8) is 0 Å². The lowest BCUT2D eigenvalue weighted by Crippen LogP contribution is -2.14. The average Bonchev–Trinajstić information content (AvgIpc) is 2.72. The van der Waals surface area contributed by atoms with Gasteiger partial charge in [-0.2, -0.15) is 5.26 Å². The molecule has 2 aromatic carbocycles. The third-order valence-electron chi connectivity index (χ3n) is 4.17.